The summed E-state index contributed by atoms with van der Waals surface area (Å²) in [7, 11) is 0. The van der Waals surface area contributed by atoms with Crippen LogP contribution in [0.25, 0.3) is 0 Å². The lowest BCUT2D eigenvalue weighted by atomic mass is 10.2. The number of nitrogens with one attached hydrogen (secondary N) is 1. The van der Waals surface area contributed by atoms with Gasteiger partial charge in [0.15, 0.2) is 0 Å². The van der Waals surface area contributed by atoms with Gasteiger partial charge < -0.3 is 10.1 Å². The molecule has 0 aliphatic carbocycles. The van der Waals surface area contributed by atoms with E-state index in [9.17, 15) is 4.79 Å². The highest BCUT2D eigenvalue weighted by Crippen LogP contribution is 2.23. The number of hydrogen-bond donors (Lipinski definition) is 1. The van der Waals surface area contributed by atoms with Crippen LogP contribution in [0, 0.1) is 6.92 Å². The Kier molecular flexibility index (Phi) is 4.33. The lowest BCUT2D eigenvalue weighted by Crippen LogP contribution is -2.18. The van der Waals surface area contributed by atoms with Gasteiger partial charge in [-0.05, 0) is 48.9 Å². The lowest BCUT2D eigenvalue weighted by Gasteiger charge is -2.08. The normalized spacial score (nSPS) is 10.3. The Morgan fingerprint density at radius 1 is 1.17 bits per heavy atom. The number of aryl methyl sites for hydroxylation is 1. The molecule has 0 aliphatic rings. The lowest BCUT2D eigenvalue weighted by molar-refractivity contribution is -0.116. The second-order valence-electron chi connectivity index (χ2n) is 5.08. The Labute approximate surface area is 133 Å². The second kappa shape index (κ2) is 6.74. The van der Waals surface area contributed by atoms with E-state index >= 15 is 0 Å². The van der Waals surface area contributed by atoms with Crippen LogP contribution in [-0.2, 0) is 11.3 Å². The summed E-state index contributed by atoms with van der Waals surface area (Å²) in [6.45, 7) is 2.14. The van der Waals surface area contributed by atoms with Gasteiger partial charge >= 0.3 is 0 Å². The second-order valence-corrected chi connectivity index (χ2v) is 5.08. The molecule has 1 heterocycles. The predicted octanol–water partition coefficient (Wildman–Crippen LogP) is 3.02. The number of rotatable bonds is 5. The maximum absolute atomic E-state index is 11.9. The van der Waals surface area contributed by atoms with Crippen molar-refractivity contribution in [2.45, 2.75) is 13.5 Å². The molecule has 23 heavy (non-hydrogen) atoms. The van der Waals surface area contributed by atoms with Crippen molar-refractivity contribution in [3.63, 3.8) is 0 Å². The van der Waals surface area contributed by atoms with Gasteiger partial charge in [-0.25, -0.2) is 9.67 Å². The minimum Gasteiger partial charge on any atom is -0.457 e. The predicted molar refractivity (Wildman–Crippen MR) is 86.3 cm³/mol. The van der Waals surface area contributed by atoms with Crippen LogP contribution in [0.15, 0.2) is 61.2 Å². The topological polar surface area (TPSA) is 69.0 Å². The van der Waals surface area contributed by atoms with Crippen LogP contribution in [0.3, 0.4) is 0 Å². The quantitative estimate of drug-likeness (QED) is 0.786. The van der Waals surface area contributed by atoms with Crippen molar-refractivity contribution in [2.75, 3.05) is 5.32 Å². The van der Waals surface area contributed by atoms with Crippen molar-refractivity contribution >= 4 is 11.6 Å². The zero-order valence-corrected chi connectivity index (χ0v) is 12.6. The fraction of sp³-hybridized carbons (Fsp3) is 0.118. The standard InChI is InChI=1S/C17H16N4O2/c1-13-3-2-4-16(9-13)23-15-7-5-14(6-8-15)20-17(22)10-21-12-18-11-19-21/h2-9,11-12H,10H2,1H3,(H,20,22). The molecule has 0 atom stereocenters. The molecule has 6 heteroatoms. The maximum atomic E-state index is 11.9. The summed E-state index contributed by atoms with van der Waals surface area (Å²) in [4.78, 5) is 15.7. The average Bonchev–Trinajstić information content (AvgIpc) is 3.02. The Morgan fingerprint density at radius 3 is 2.70 bits per heavy atom. The van der Waals surface area contributed by atoms with Crippen LogP contribution >= 0.6 is 0 Å². The average molecular weight is 308 g/mol. The molecule has 3 aromatic rings. The van der Waals surface area contributed by atoms with Crippen LogP contribution in [0.5, 0.6) is 11.5 Å². The van der Waals surface area contributed by atoms with Crippen LogP contribution < -0.4 is 10.1 Å². The van der Waals surface area contributed by atoms with Gasteiger partial charge in [0, 0.05) is 5.69 Å². The number of anilines is 1. The van der Waals surface area contributed by atoms with Crippen molar-refractivity contribution in [3.05, 3.63) is 66.7 Å². The molecule has 0 saturated heterocycles. The highest BCUT2D eigenvalue weighted by molar-refractivity contribution is 5.90. The molecule has 0 spiro atoms. The number of hydrogen-bond acceptors (Lipinski definition) is 4. The van der Waals surface area contributed by atoms with Gasteiger partial charge in [-0.15, -0.1) is 0 Å². The van der Waals surface area contributed by atoms with E-state index in [1.165, 1.54) is 17.3 Å². The van der Waals surface area contributed by atoms with Crippen LogP contribution in [0.4, 0.5) is 5.69 Å². The summed E-state index contributed by atoms with van der Waals surface area (Å²) in [6.07, 6.45) is 2.89. The largest absolute Gasteiger partial charge is 0.457 e. The molecule has 116 valence electrons. The first kappa shape index (κ1) is 14.8. The van der Waals surface area contributed by atoms with E-state index in [-0.39, 0.29) is 12.5 Å². The summed E-state index contributed by atoms with van der Waals surface area (Å²) < 4.78 is 7.23. The fourth-order valence-corrected chi connectivity index (χ4v) is 2.08. The van der Waals surface area contributed by atoms with Gasteiger partial charge in [0.1, 0.15) is 30.7 Å². The summed E-state index contributed by atoms with van der Waals surface area (Å²) >= 11 is 0. The van der Waals surface area contributed by atoms with Crippen LogP contribution in [-0.4, -0.2) is 20.7 Å². The van der Waals surface area contributed by atoms with E-state index < -0.39 is 0 Å². The van der Waals surface area contributed by atoms with Crippen molar-refractivity contribution < 1.29 is 9.53 Å². The Hall–Kier alpha value is -3.15. The number of carbonyl (C=O) groups excluding carboxylic acids is 1. The Morgan fingerprint density at radius 2 is 2.00 bits per heavy atom. The van der Waals surface area contributed by atoms with E-state index in [1.807, 2.05) is 43.3 Å². The number of amides is 1. The molecule has 1 amide bonds. The third-order valence-electron chi connectivity index (χ3n) is 3.14. The first-order chi connectivity index (χ1) is 11.2. The molecule has 1 aromatic heterocycles. The molecular weight excluding hydrogens is 292 g/mol. The van der Waals surface area contributed by atoms with Gasteiger partial charge in [0.05, 0.1) is 0 Å². The molecule has 0 bridgehead atoms. The molecule has 0 saturated carbocycles. The third-order valence-corrected chi connectivity index (χ3v) is 3.14. The number of aromatic nitrogens is 3. The Balaban J connectivity index is 1.59. The zero-order valence-electron chi connectivity index (χ0n) is 12.6. The first-order valence-corrected chi connectivity index (χ1v) is 7.16. The fourth-order valence-electron chi connectivity index (χ4n) is 2.08. The zero-order chi connectivity index (χ0) is 16.1. The van der Waals surface area contributed by atoms with Crippen LogP contribution in [0.2, 0.25) is 0 Å². The number of ether oxygens (including phenoxy) is 1. The maximum Gasteiger partial charge on any atom is 0.246 e. The number of nitrogens with zero attached hydrogens (tertiary/aromatic N) is 3. The summed E-state index contributed by atoms with van der Waals surface area (Å²) in [5.41, 5.74) is 1.84. The van der Waals surface area contributed by atoms with Crippen molar-refractivity contribution in [1.82, 2.24) is 14.8 Å². The number of carbonyl (C=O) groups is 1. The molecule has 0 aliphatic heterocycles. The monoisotopic (exact) mass is 308 g/mol. The van der Waals surface area contributed by atoms with Crippen molar-refractivity contribution in [1.29, 1.82) is 0 Å². The van der Waals surface area contributed by atoms with Gasteiger partial charge in [0.25, 0.3) is 0 Å². The van der Waals surface area contributed by atoms with Gasteiger partial charge in [-0.3, -0.25) is 4.79 Å². The first-order valence-electron chi connectivity index (χ1n) is 7.16. The molecule has 1 N–H and O–H groups in total. The van der Waals surface area contributed by atoms with Gasteiger partial charge in [-0.1, -0.05) is 12.1 Å². The SMILES string of the molecule is Cc1cccc(Oc2ccc(NC(=O)Cn3cncn3)cc2)c1. The molecule has 6 nitrogen and oxygen atoms in total. The molecule has 2 aromatic carbocycles. The molecule has 0 radical (unpaired) electrons. The van der Waals surface area contributed by atoms with Crippen molar-refractivity contribution in [3.8, 4) is 11.5 Å². The van der Waals surface area contributed by atoms with Crippen molar-refractivity contribution in [2.24, 2.45) is 0 Å². The molecule has 0 fully saturated rings. The molecule has 3 rings (SSSR count). The van der Waals surface area contributed by atoms with E-state index in [0.29, 0.717) is 11.4 Å². The van der Waals surface area contributed by atoms with E-state index in [2.05, 4.69) is 15.4 Å². The minimum atomic E-state index is -0.164. The third kappa shape index (κ3) is 4.16. The Bertz CT molecular complexity index is 783. The van der Waals surface area contributed by atoms with E-state index in [4.69, 9.17) is 4.74 Å². The van der Waals surface area contributed by atoms with Crippen LogP contribution in [0.1, 0.15) is 5.56 Å². The molecule has 0 unspecified atom stereocenters. The highest BCUT2D eigenvalue weighted by atomic mass is 16.5. The smallest absolute Gasteiger partial charge is 0.246 e. The summed E-state index contributed by atoms with van der Waals surface area (Å²) in [6, 6.07) is 15.0. The molecular formula is C17H16N4O2. The van der Waals surface area contributed by atoms with E-state index in [1.54, 1.807) is 12.1 Å². The van der Waals surface area contributed by atoms with Gasteiger partial charge in [-0.2, -0.15) is 5.10 Å². The number of benzene rings is 2. The summed E-state index contributed by atoms with van der Waals surface area (Å²) in [5.74, 6) is 1.33. The minimum absolute atomic E-state index is 0.127. The summed E-state index contributed by atoms with van der Waals surface area (Å²) in [5, 5.41) is 6.69. The van der Waals surface area contributed by atoms with Gasteiger partial charge in [0.2, 0.25) is 5.91 Å². The highest BCUT2D eigenvalue weighted by Gasteiger charge is 2.04. The van der Waals surface area contributed by atoms with E-state index in [0.717, 1.165) is 11.3 Å².